The highest BCUT2D eigenvalue weighted by Gasteiger charge is 2.02. The monoisotopic (exact) mass is 206 g/mol. The second kappa shape index (κ2) is 5.05. The first-order chi connectivity index (χ1) is 7.11. The Labute approximate surface area is 88.4 Å². The van der Waals surface area contributed by atoms with Crippen molar-refractivity contribution in [3.8, 4) is 11.8 Å². The number of nitrogens with two attached hydrogens (primary N) is 1. The van der Waals surface area contributed by atoms with Gasteiger partial charge in [-0.15, -0.1) is 0 Å². The highest BCUT2D eigenvalue weighted by atomic mass is 16.1. The smallest absolute Gasteiger partial charge is 0.216 e. The Morgan fingerprint density at radius 1 is 1.67 bits per heavy atom. The molecular weight excluding hydrogens is 192 g/mol. The lowest BCUT2D eigenvalue weighted by molar-refractivity contribution is -0.118. The third-order valence-electron chi connectivity index (χ3n) is 1.81. The molecule has 1 amide bonds. The van der Waals surface area contributed by atoms with Gasteiger partial charge < -0.3 is 11.1 Å². The summed E-state index contributed by atoms with van der Waals surface area (Å²) in [4.78, 5) is 10.5. The first kappa shape index (κ1) is 11.1. The molecule has 0 atom stereocenters. The molecule has 0 bridgehead atoms. The van der Waals surface area contributed by atoms with Gasteiger partial charge in [-0.2, -0.15) is 5.10 Å². The van der Waals surface area contributed by atoms with Crippen molar-refractivity contribution in [2.45, 2.75) is 20.3 Å². The van der Waals surface area contributed by atoms with Crippen molar-refractivity contribution in [1.82, 2.24) is 15.5 Å². The van der Waals surface area contributed by atoms with Crippen molar-refractivity contribution in [3.63, 3.8) is 0 Å². The number of nitrogen functional groups attached to an aromatic ring is 1. The van der Waals surface area contributed by atoms with Crippen LogP contribution < -0.4 is 11.1 Å². The van der Waals surface area contributed by atoms with Crippen LogP contribution in [0.2, 0.25) is 0 Å². The van der Waals surface area contributed by atoms with Crippen molar-refractivity contribution in [2.24, 2.45) is 0 Å². The highest BCUT2D eigenvalue weighted by molar-refractivity contribution is 5.72. The fourth-order valence-corrected chi connectivity index (χ4v) is 1.06. The number of carbonyl (C=O) groups excluding carboxylic acids is 1. The van der Waals surface area contributed by atoms with Crippen LogP contribution >= 0.6 is 0 Å². The zero-order valence-corrected chi connectivity index (χ0v) is 8.85. The van der Waals surface area contributed by atoms with Crippen LogP contribution in [0.15, 0.2) is 0 Å². The molecule has 5 heteroatoms. The van der Waals surface area contributed by atoms with Crippen LogP contribution in [0.5, 0.6) is 0 Å². The average Bonchev–Trinajstić information content (AvgIpc) is 2.47. The van der Waals surface area contributed by atoms with Gasteiger partial charge in [0.1, 0.15) is 0 Å². The van der Waals surface area contributed by atoms with E-state index in [0.29, 0.717) is 18.8 Å². The molecule has 1 aromatic rings. The average molecular weight is 206 g/mol. The van der Waals surface area contributed by atoms with Crippen molar-refractivity contribution in [2.75, 3.05) is 12.3 Å². The number of hydrogen-bond donors (Lipinski definition) is 3. The van der Waals surface area contributed by atoms with Gasteiger partial charge in [-0.05, 0) is 6.92 Å². The van der Waals surface area contributed by atoms with E-state index in [1.54, 1.807) is 0 Å². The van der Waals surface area contributed by atoms with Crippen molar-refractivity contribution in [3.05, 3.63) is 11.3 Å². The number of rotatable bonds is 2. The van der Waals surface area contributed by atoms with Crippen molar-refractivity contribution < 1.29 is 4.79 Å². The van der Waals surface area contributed by atoms with E-state index >= 15 is 0 Å². The molecule has 4 N–H and O–H groups in total. The van der Waals surface area contributed by atoms with Crippen LogP contribution in [0.1, 0.15) is 24.6 Å². The molecule has 1 heterocycles. The number of nitrogens with zero attached hydrogens (tertiary/aromatic N) is 1. The lowest BCUT2D eigenvalue weighted by Crippen LogP contribution is -2.20. The zero-order chi connectivity index (χ0) is 11.3. The summed E-state index contributed by atoms with van der Waals surface area (Å²) in [5, 5.41) is 9.23. The summed E-state index contributed by atoms with van der Waals surface area (Å²) in [6, 6.07) is 0. The first-order valence-electron chi connectivity index (χ1n) is 4.65. The largest absolute Gasteiger partial charge is 0.381 e. The maximum absolute atomic E-state index is 10.5. The summed E-state index contributed by atoms with van der Waals surface area (Å²) < 4.78 is 0. The predicted molar refractivity (Wildman–Crippen MR) is 57.9 cm³/mol. The number of nitrogens with one attached hydrogen (secondary N) is 2. The lowest BCUT2D eigenvalue weighted by atomic mass is 10.2. The van der Waals surface area contributed by atoms with Gasteiger partial charge in [-0.25, -0.2) is 0 Å². The van der Waals surface area contributed by atoms with Gasteiger partial charge in [0.2, 0.25) is 5.91 Å². The Bertz CT molecular complexity index is 391. The SMILES string of the molecule is CC(=O)NCCC#Cc1c(N)n[nH]c1C. The summed E-state index contributed by atoms with van der Waals surface area (Å²) in [6.45, 7) is 3.89. The quantitative estimate of drug-likeness (QED) is 0.476. The van der Waals surface area contributed by atoms with E-state index < -0.39 is 0 Å². The third-order valence-corrected chi connectivity index (χ3v) is 1.81. The Morgan fingerprint density at radius 3 is 2.93 bits per heavy atom. The number of H-pyrrole nitrogens is 1. The Balaban J connectivity index is 2.48. The summed E-state index contributed by atoms with van der Waals surface area (Å²) >= 11 is 0. The summed E-state index contributed by atoms with van der Waals surface area (Å²) in [6.07, 6.45) is 0.601. The molecule has 0 aromatic carbocycles. The van der Waals surface area contributed by atoms with E-state index in [1.807, 2.05) is 6.92 Å². The standard InChI is InChI=1S/C10H14N4O/c1-7-9(10(11)14-13-7)5-3-4-6-12-8(2)15/h4,6H2,1-2H3,(H,12,15)(H3,11,13,14). The summed E-state index contributed by atoms with van der Waals surface area (Å²) in [7, 11) is 0. The molecule has 0 saturated carbocycles. The fraction of sp³-hybridized carbons (Fsp3) is 0.400. The topological polar surface area (TPSA) is 83.8 Å². The van der Waals surface area contributed by atoms with Crippen LogP contribution in [-0.2, 0) is 4.79 Å². The van der Waals surface area contributed by atoms with E-state index in [1.165, 1.54) is 6.92 Å². The molecule has 80 valence electrons. The number of hydrogen-bond acceptors (Lipinski definition) is 3. The number of amides is 1. The van der Waals surface area contributed by atoms with Gasteiger partial charge in [-0.3, -0.25) is 9.89 Å². The van der Waals surface area contributed by atoms with Gasteiger partial charge in [0.25, 0.3) is 0 Å². The molecule has 0 saturated heterocycles. The molecule has 0 aliphatic heterocycles. The molecule has 0 spiro atoms. The van der Waals surface area contributed by atoms with Crippen LogP contribution in [0.3, 0.4) is 0 Å². The van der Waals surface area contributed by atoms with Crippen molar-refractivity contribution >= 4 is 11.7 Å². The molecule has 0 fully saturated rings. The molecule has 5 nitrogen and oxygen atoms in total. The Morgan fingerprint density at radius 2 is 2.40 bits per heavy atom. The number of anilines is 1. The van der Waals surface area contributed by atoms with Crippen molar-refractivity contribution in [1.29, 1.82) is 0 Å². The van der Waals surface area contributed by atoms with E-state index in [-0.39, 0.29) is 5.91 Å². The second-order valence-electron chi connectivity index (χ2n) is 3.14. The summed E-state index contributed by atoms with van der Waals surface area (Å²) in [5.74, 6) is 6.21. The van der Waals surface area contributed by atoms with E-state index in [2.05, 4.69) is 27.4 Å². The number of aromatic nitrogens is 2. The van der Waals surface area contributed by atoms with Gasteiger partial charge in [-0.1, -0.05) is 11.8 Å². The zero-order valence-electron chi connectivity index (χ0n) is 8.85. The molecule has 0 aliphatic carbocycles. The normalized spacial score (nSPS) is 9.20. The number of carbonyl (C=O) groups is 1. The molecule has 0 unspecified atom stereocenters. The van der Waals surface area contributed by atoms with E-state index in [9.17, 15) is 4.79 Å². The number of aromatic amines is 1. The maximum Gasteiger partial charge on any atom is 0.216 e. The fourth-order valence-electron chi connectivity index (χ4n) is 1.06. The molecule has 1 rings (SSSR count). The molecular formula is C10H14N4O. The van der Waals surface area contributed by atoms with Crippen LogP contribution in [0, 0.1) is 18.8 Å². The minimum Gasteiger partial charge on any atom is -0.381 e. The minimum absolute atomic E-state index is 0.0456. The van der Waals surface area contributed by atoms with Crippen LogP contribution in [0.4, 0.5) is 5.82 Å². The van der Waals surface area contributed by atoms with Gasteiger partial charge in [0.15, 0.2) is 5.82 Å². The van der Waals surface area contributed by atoms with Crippen LogP contribution in [0.25, 0.3) is 0 Å². The molecule has 0 aliphatic rings. The first-order valence-corrected chi connectivity index (χ1v) is 4.65. The highest BCUT2D eigenvalue weighted by Crippen LogP contribution is 2.09. The Kier molecular flexibility index (Phi) is 3.75. The number of aryl methyl sites for hydroxylation is 1. The van der Waals surface area contributed by atoms with Gasteiger partial charge in [0, 0.05) is 25.6 Å². The van der Waals surface area contributed by atoms with Gasteiger partial charge in [0.05, 0.1) is 5.56 Å². The second-order valence-corrected chi connectivity index (χ2v) is 3.14. The maximum atomic E-state index is 10.5. The molecule has 1 aromatic heterocycles. The summed E-state index contributed by atoms with van der Waals surface area (Å²) in [5.41, 5.74) is 7.18. The van der Waals surface area contributed by atoms with E-state index in [4.69, 9.17) is 5.73 Å². The molecule has 15 heavy (non-hydrogen) atoms. The lowest BCUT2D eigenvalue weighted by Gasteiger charge is -1.94. The Hall–Kier alpha value is -1.96. The molecule has 0 radical (unpaired) electrons. The predicted octanol–water partition coefficient (Wildman–Crippen LogP) is 0.178. The van der Waals surface area contributed by atoms with Gasteiger partial charge >= 0.3 is 0 Å². The van der Waals surface area contributed by atoms with E-state index in [0.717, 1.165) is 11.3 Å². The minimum atomic E-state index is -0.0456. The third kappa shape index (κ3) is 3.35. The van der Waals surface area contributed by atoms with Crippen LogP contribution in [-0.4, -0.2) is 22.6 Å².